The van der Waals surface area contributed by atoms with Crippen LogP contribution in [-0.2, 0) is 26.6 Å². The molecular formula is C22H21N5. The average Bonchev–Trinajstić information content (AvgIpc) is 3.04. The van der Waals surface area contributed by atoms with Crippen molar-refractivity contribution in [2.24, 2.45) is 7.05 Å². The molecule has 5 heteroatoms. The van der Waals surface area contributed by atoms with E-state index < -0.39 is 0 Å². The van der Waals surface area contributed by atoms with Crippen LogP contribution in [-0.4, -0.2) is 31.0 Å². The Hall–Kier alpha value is -3.05. The zero-order chi connectivity index (χ0) is 18.2. The minimum Gasteiger partial charge on any atom is -0.346 e. The molecule has 1 aromatic carbocycles. The van der Waals surface area contributed by atoms with Gasteiger partial charge in [-0.15, -0.1) is 0 Å². The van der Waals surface area contributed by atoms with Gasteiger partial charge in [0, 0.05) is 74.0 Å². The van der Waals surface area contributed by atoms with E-state index in [0.717, 1.165) is 37.4 Å². The number of rotatable bonds is 3. The fourth-order valence-electron chi connectivity index (χ4n) is 3.88. The number of para-hydroxylation sites is 1. The molecule has 0 atom stereocenters. The molecular weight excluding hydrogens is 334 g/mol. The average molecular weight is 355 g/mol. The summed E-state index contributed by atoms with van der Waals surface area (Å²) in [5.74, 6) is 0.790. The van der Waals surface area contributed by atoms with E-state index in [2.05, 4.69) is 56.8 Å². The Morgan fingerprint density at radius 2 is 1.93 bits per heavy atom. The maximum Gasteiger partial charge on any atom is 0.159 e. The number of pyridine rings is 1. The van der Waals surface area contributed by atoms with Crippen LogP contribution in [0.5, 0.6) is 0 Å². The molecule has 0 N–H and O–H groups in total. The fourth-order valence-corrected chi connectivity index (χ4v) is 3.88. The predicted octanol–water partition coefficient (Wildman–Crippen LogP) is 3.59. The predicted molar refractivity (Wildman–Crippen MR) is 106 cm³/mol. The van der Waals surface area contributed by atoms with Crippen molar-refractivity contribution in [1.29, 1.82) is 0 Å². The second-order valence-electron chi connectivity index (χ2n) is 7.12. The Morgan fingerprint density at radius 1 is 1.07 bits per heavy atom. The topological polar surface area (TPSA) is 46.8 Å². The largest absolute Gasteiger partial charge is 0.346 e. The maximum absolute atomic E-state index is 4.81. The van der Waals surface area contributed by atoms with Crippen LogP contribution in [0.4, 0.5) is 0 Å². The lowest BCUT2D eigenvalue weighted by atomic mass is 10.1. The molecule has 4 aromatic rings. The Morgan fingerprint density at radius 3 is 2.78 bits per heavy atom. The molecule has 0 amide bonds. The van der Waals surface area contributed by atoms with E-state index in [1.165, 1.54) is 27.9 Å². The summed E-state index contributed by atoms with van der Waals surface area (Å²) in [6, 6.07) is 14.8. The van der Waals surface area contributed by atoms with Crippen molar-refractivity contribution >= 4 is 10.9 Å². The Labute approximate surface area is 158 Å². The van der Waals surface area contributed by atoms with Gasteiger partial charge in [-0.1, -0.05) is 18.2 Å². The smallest absolute Gasteiger partial charge is 0.159 e. The summed E-state index contributed by atoms with van der Waals surface area (Å²) in [7, 11) is 2.15. The third-order valence-corrected chi connectivity index (χ3v) is 5.39. The minimum absolute atomic E-state index is 0.790. The molecule has 4 heterocycles. The van der Waals surface area contributed by atoms with Crippen molar-refractivity contribution in [1.82, 2.24) is 24.4 Å². The van der Waals surface area contributed by atoms with Gasteiger partial charge < -0.3 is 4.57 Å². The van der Waals surface area contributed by atoms with Crippen LogP contribution in [0.1, 0.15) is 17.0 Å². The number of hydrogen-bond acceptors (Lipinski definition) is 4. The molecule has 5 nitrogen and oxygen atoms in total. The summed E-state index contributed by atoms with van der Waals surface area (Å²) in [6.07, 6.45) is 6.51. The standard InChI is InChI=1S/C22H21N5/c1-26-19(12-17-4-2-3-5-21(17)26)15-27-11-8-20-18(14-27)13-24-22(25-20)16-6-9-23-10-7-16/h2-7,9-10,12-13H,8,11,14-15H2,1H3. The van der Waals surface area contributed by atoms with Gasteiger partial charge in [-0.25, -0.2) is 9.97 Å². The van der Waals surface area contributed by atoms with Crippen LogP contribution in [0.3, 0.4) is 0 Å². The van der Waals surface area contributed by atoms with Gasteiger partial charge in [-0.05, 0) is 29.7 Å². The first kappa shape index (κ1) is 16.1. The number of nitrogens with zero attached hydrogens (tertiary/aromatic N) is 5. The third-order valence-electron chi connectivity index (χ3n) is 5.39. The van der Waals surface area contributed by atoms with E-state index in [-0.39, 0.29) is 0 Å². The van der Waals surface area contributed by atoms with E-state index in [4.69, 9.17) is 4.98 Å². The molecule has 1 aliphatic rings. The van der Waals surface area contributed by atoms with Gasteiger partial charge >= 0.3 is 0 Å². The summed E-state index contributed by atoms with van der Waals surface area (Å²) in [5.41, 5.74) is 6.05. The van der Waals surface area contributed by atoms with Crippen molar-refractivity contribution in [3.8, 4) is 11.4 Å². The SMILES string of the molecule is Cn1c(CN2CCc3nc(-c4ccncc4)ncc3C2)cc2ccccc21. The second kappa shape index (κ2) is 6.59. The van der Waals surface area contributed by atoms with Crippen LogP contribution in [0, 0.1) is 0 Å². The monoisotopic (exact) mass is 355 g/mol. The number of benzene rings is 1. The van der Waals surface area contributed by atoms with E-state index >= 15 is 0 Å². The lowest BCUT2D eigenvalue weighted by molar-refractivity contribution is 0.238. The highest BCUT2D eigenvalue weighted by Crippen LogP contribution is 2.24. The molecule has 1 aliphatic heterocycles. The van der Waals surface area contributed by atoms with Gasteiger partial charge in [0.2, 0.25) is 0 Å². The van der Waals surface area contributed by atoms with Crippen LogP contribution in [0.2, 0.25) is 0 Å². The minimum atomic E-state index is 0.790. The van der Waals surface area contributed by atoms with Gasteiger partial charge in [-0.2, -0.15) is 0 Å². The summed E-state index contributed by atoms with van der Waals surface area (Å²) in [5, 5.41) is 1.30. The third kappa shape index (κ3) is 3.00. The van der Waals surface area contributed by atoms with E-state index in [0.29, 0.717) is 0 Å². The summed E-state index contributed by atoms with van der Waals surface area (Å²) in [6.45, 7) is 2.85. The van der Waals surface area contributed by atoms with Crippen LogP contribution in [0.15, 0.2) is 61.1 Å². The molecule has 134 valence electrons. The normalized spacial score (nSPS) is 14.4. The molecule has 0 saturated carbocycles. The molecule has 0 radical (unpaired) electrons. The first-order valence-electron chi connectivity index (χ1n) is 9.29. The number of fused-ring (bicyclic) bond motifs is 2. The summed E-state index contributed by atoms with van der Waals surface area (Å²) >= 11 is 0. The molecule has 0 saturated heterocycles. The highest BCUT2D eigenvalue weighted by atomic mass is 15.2. The van der Waals surface area contributed by atoms with Gasteiger partial charge in [0.25, 0.3) is 0 Å². The number of aryl methyl sites for hydroxylation is 1. The van der Waals surface area contributed by atoms with Gasteiger partial charge in [0.15, 0.2) is 5.82 Å². The highest BCUT2D eigenvalue weighted by molar-refractivity contribution is 5.81. The van der Waals surface area contributed by atoms with Crippen molar-refractivity contribution in [2.45, 2.75) is 19.5 Å². The summed E-state index contributed by atoms with van der Waals surface area (Å²) in [4.78, 5) is 15.9. The summed E-state index contributed by atoms with van der Waals surface area (Å²) < 4.78 is 2.30. The van der Waals surface area contributed by atoms with Crippen molar-refractivity contribution in [3.05, 3.63) is 78.0 Å². The van der Waals surface area contributed by atoms with E-state index in [1.807, 2.05) is 18.3 Å². The van der Waals surface area contributed by atoms with E-state index in [9.17, 15) is 0 Å². The van der Waals surface area contributed by atoms with Gasteiger partial charge in [0.05, 0.1) is 5.69 Å². The second-order valence-corrected chi connectivity index (χ2v) is 7.12. The Balaban J connectivity index is 1.37. The van der Waals surface area contributed by atoms with Crippen molar-refractivity contribution in [3.63, 3.8) is 0 Å². The zero-order valence-corrected chi connectivity index (χ0v) is 15.3. The molecule has 3 aromatic heterocycles. The van der Waals surface area contributed by atoms with Gasteiger partial charge in [0.1, 0.15) is 0 Å². The maximum atomic E-state index is 4.81. The Kier molecular flexibility index (Phi) is 3.94. The van der Waals surface area contributed by atoms with Crippen LogP contribution < -0.4 is 0 Å². The van der Waals surface area contributed by atoms with Crippen molar-refractivity contribution < 1.29 is 0 Å². The molecule has 0 bridgehead atoms. The number of hydrogen-bond donors (Lipinski definition) is 0. The van der Waals surface area contributed by atoms with Crippen LogP contribution in [0.25, 0.3) is 22.3 Å². The highest BCUT2D eigenvalue weighted by Gasteiger charge is 2.20. The van der Waals surface area contributed by atoms with E-state index in [1.54, 1.807) is 12.4 Å². The molecule has 0 spiro atoms. The Bertz CT molecular complexity index is 1100. The molecule has 5 rings (SSSR count). The van der Waals surface area contributed by atoms with Crippen LogP contribution >= 0.6 is 0 Å². The van der Waals surface area contributed by atoms with Gasteiger partial charge in [-0.3, -0.25) is 9.88 Å². The van der Waals surface area contributed by atoms with Crippen molar-refractivity contribution in [2.75, 3.05) is 6.54 Å². The first-order chi connectivity index (χ1) is 13.3. The molecule has 0 fully saturated rings. The molecule has 27 heavy (non-hydrogen) atoms. The molecule has 0 aliphatic carbocycles. The quantitative estimate of drug-likeness (QED) is 0.563. The fraction of sp³-hybridized carbons (Fsp3) is 0.227. The number of aromatic nitrogens is 4. The zero-order valence-electron chi connectivity index (χ0n) is 15.3. The molecule has 0 unspecified atom stereocenters. The lowest BCUT2D eigenvalue weighted by Gasteiger charge is -2.28. The first-order valence-corrected chi connectivity index (χ1v) is 9.29. The lowest BCUT2D eigenvalue weighted by Crippen LogP contribution is -2.31.